The predicted octanol–water partition coefficient (Wildman–Crippen LogP) is 2.90. The van der Waals surface area contributed by atoms with Gasteiger partial charge in [0.15, 0.2) is 5.78 Å². The summed E-state index contributed by atoms with van der Waals surface area (Å²) in [5.41, 5.74) is 0.714. The van der Waals surface area contributed by atoms with Crippen LogP contribution in [-0.2, 0) is 0 Å². The van der Waals surface area contributed by atoms with E-state index in [0.29, 0.717) is 5.56 Å². The lowest BCUT2D eigenvalue weighted by Crippen LogP contribution is -1.91. The second-order valence-corrected chi connectivity index (χ2v) is 2.99. The van der Waals surface area contributed by atoms with Gasteiger partial charge in [-0.3, -0.25) is 4.79 Å². The summed E-state index contributed by atoms with van der Waals surface area (Å²) in [4.78, 5) is 10.8. The largest absolute Gasteiger partial charge is 0.497 e. The zero-order valence-corrected chi connectivity index (χ0v) is 9.43. The lowest BCUT2D eigenvalue weighted by atomic mass is 10.1. The van der Waals surface area contributed by atoms with Crippen LogP contribution >= 0.6 is 12.2 Å². The second-order valence-electron chi connectivity index (χ2n) is 2.52. The van der Waals surface area contributed by atoms with Crippen LogP contribution in [-0.4, -0.2) is 18.3 Å². The molecule has 0 heterocycles. The average molecular weight is 210 g/mol. The number of benzene rings is 1. The molecular weight excluding hydrogens is 196 g/mol. The van der Waals surface area contributed by atoms with Crippen molar-refractivity contribution in [1.82, 2.24) is 0 Å². The van der Waals surface area contributed by atoms with E-state index in [1.807, 2.05) is 6.92 Å². The number of carbonyl (C=O) groups is 1. The van der Waals surface area contributed by atoms with Gasteiger partial charge in [0.1, 0.15) is 5.75 Å². The summed E-state index contributed by atoms with van der Waals surface area (Å²) in [5, 5.41) is 1.58. The Hall–Kier alpha value is -1.22. The summed E-state index contributed by atoms with van der Waals surface area (Å²) in [6.07, 6.45) is 0. The van der Waals surface area contributed by atoms with Gasteiger partial charge in [-0.1, -0.05) is 12.2 Å². The molecule has 1 aromatic rings. The molecule has 0 fully saturated rings. The van der Waals surface area contributed by atoms with Crippen molar-refractivity contribution in [2.45, 2.75) is 13.8 Å². The number of hydrogen-bond acceptors (Lipinski definition) is 3. The molecule has 14 heavy (non-hydrogen) atoms. The topological polar surface area (TPSA) is 26.3 Å². The molecule has 0 unspecified atom stereocenters. The molecule has 3 heteroatoms. The number of ketones is 1. The Morgan fingerprint density at radius 1 is 1.36 bits per heavy atom. The first-order valence-electron chi connectivity index (χ1n) is 4.20. The van der Waals surface area contributed by atoms with Crippen molar-refractivity contribution in [3.05, 3.63) is 29.8 Å². The SMILES string of the molecule is CC=S.COc1ccc(C(C)=O)cc1. The summed E-state index contributed by atoms with van der Waals surface area (Å²) in [7, 11) is 1.60. The van der Waals surface area contributed by atoms with Crippen molar-refractivity contribution in [3.63, 3.8) is 0 Å². The van der Waals surface area contributed by atoms with Gasteiger partial charge in [-0.25, -0.2) is 0 Å². The minimum Gasteiger partial charge on any atom is -0.497 e. The standard InChI is InChI=1S/C9H10O2.C2H4S/c1-7(10)8-3-5-9(11-2)6-4-8;1-2-3/h3-6H,1-2H3;2H,1H3. The van der Waals surface area contributed by atoms with Crippen molar-refractivity contribution < 1.29 is 9.53 Å². The maximum atomic E-state index is 10.8. The second kappa shape index (κ2) is 7.21. The number of Topliss-reactive ketones (excluding diaryl/α,β-unsaturated/α-hetero) is 1. The Balaban J connectivity index is 0.000000500. The summed E-state index contributed by atoms with van der Waals surface area (Å²) >= 11 is 4.27. The smallest absolute Gasteiger partial charge is 0.159 e. The monoisotopic (exact) mass is 210 g/mol. The molecule has 0 aromatic heterocycles. The molecule has 0 atom stereocenters. The van der Waals surface area contributed by atoms with E-state index < -0.39 is 0 Å². The van der Waals surface area contributed by atoms with Gasteiger partial charge in [-0.15, -0.1) is 0 Å². The fourth-order valence-electron chi connectivity index (χ4n) is 0.826. The third-order valence-corrected chi connectivity index (χ3v) is 1.50. The quantitative estimate of drug-likeness (QED) is 0.554. The van der Waals surface area contributed by atoms with Crippen LogP contribution in [0, 0.1) is 0 Å². The summed E-state index contributed by atoms with van der Waals surface area (Å²) in [6.45, 7) is 3.36. The Morgan fingerprint density at radius 3 is 2.07 bits per heavy atom. The minimum absolute atomic E-state index is 0.0765. The maximum Gasteiger partial charge on any atom is 0.159 e. The van der Waals surface area contributed by atoms with Crippen molar-refractivity contribution in [3.8, 4) is 5.75 Å². The summed E-state index contributed by atoms with van der Waals surface area (Å²) in [5.74, 6) is 0.850. The van der Waals surface area contributed by atoms with Crippen molar-refractivity contribution in [2.24, 2.45) is 0 Å². The van der Waals surface area contributed by atoms with Crippen molar-refractivity contribution in [1.29, 1.82) is 0 Å². The Labute approximate surface area is 89.9 Å². The number of ether oxygens (including phenoxy) is 1. The molecule has 0 radical (unpaired) electrons. The molecule has 0 aliphatic carbocycles. The van der Waals surface area contributed by atoms with Gasteiger partial charge in [0.2, 0.25) is 0 Å². The molecule has 0 spiro atoms. The Kier molecular flexibility index (Phi) is 6.58. The van der Waals surface area contributed by atoms with E-state index in [1.54, 1.807) is 43.7 Å². The van der Waals surface area contributed by atoms with E-state index in [-0.39, 0.29) is 5.78 Å². The number of thiocarbonyl (C=S) groups is 1. The van der Waals surface area contributed by atoms with E-state index in [9.17, 15) is 4.79 Å². The number of rotatable bonds is 2. The first kappa shape index (κ1) is 12.8. The molecule has 2 nitrogen and oxygen atoms in total. The van der Waals surface area contributed by atoms with Crippen molar-refractivity contribution >= 4 is 23.4 Å². The van der Waals surface area contributed by atoms with Gasteiger partial charge >= 0.3 is 0 Å². The zero-order valence-electron chi connectivity index (χ0n) is 8.61. The minimum atomic E-state index is 0.0765. The number of methoxy groups -OCH3 is 1. The number of carbonyl (C=O) groups excluding carboxylic acids is 1. The normalized spacial score (nSPS) is 8.21. The van der Waals surface area contributed by atoms with Crippen molar-refractivity contribution in [2.75, 3.05) is 7.11 Å². The van der Waals surface area contributed by atoms with E-state index in [2.05, 4.69) is 12.2 Å². The maximum absolute atomic E-state index is 10.8. The molecule has 0 saturated heterocycles. The van der Waals surface area contributed by atoms with E-state index in [4.69, 9.17) is 4.74 Å². The third-order valence-electron chi connectivity index (χ3n) is 1.50. The highest BCUT2D eigenvalue weighted by Gasteiger charge is 1.97. The zero-order chi connectivity index (χ0) is 11.0. The molecule has 76 valence electrons. The first-order chi connectivity index (χ1) is 6.65. The first-order valence-corrected chi connectivity index (χ1v) is 4.67. The Bertz CT molecular complexity index is 291. The van der Waals surface area contributed by atoms with Gasteiger partial charge in [0, 0.05) is 5.56 Å². The average Bonchev–Trinajstić information content (AvgIpc) is 2.19. The fraction of sp³-hybridized carbons (Fsp3) is 0.273. The van der Waals surface area contributed by atoms with Gasteiger partial charge in [0.25, 0.3) is 0 Å². The summed E-state index contributed by atoms with van der Waals surface area (Å²) < 4.78 is 4.94. The molecule has 0 bridgehead atoms. The van der Waals surface area contributed by atoms with Crippen LogP contribution in [0.5, 0.6) is 5.75 Å². The van der Waals surface area contributed by atoms with Gasteiger partial charge in [0.05, 0.1) is 7.11 Å². The molecule has 0 amide bonds. The molecule has 0 aliphatic rings. The van der Waals surface area contributed by atoms with Crippen LogP contribution in [0.25, 0.3) is 0 Å². The highest BCUT2D eigenvalue weighted by atomic mass is 32.1. The Morgan fingerprint density at radius 2 is 1.79 bits per heavy atom. The molecule has 1 aromatic carbocycles. The van der Waals surface area contributed by atoms with Gasteiger partial charge in [-0.05, 0) is 43.5 Å². The lowest BCUT2D eigenvalue weighted by Gasteiger charge is -1.98. The van der Waals surface area contributed by atoms with Crippen LogP contribution < -0.4 is 4.74 Å². The van der Waals surface area contributed by atoms with Crippen LogP contribution in [0.2, 0.25) is 0 Å². The molecule has 0 N–H and O–H groups in total. The predicted molar refractivity (Wildman–Crippen MR) is 62.3 cm³/mol. The van der Waals surface area contributed by atoms with Gasteiger partial charge < -0.3 is 4.74 Å². The molecule has 0 aliphatic heterocycles. The van der Waals surface area contributed by atoms with Crippen LogP contribution in [0.15, 0.2) is 24.3 Å². The van der Waals surface area contributed by atoms with Crippen LogP contribution in [0.1, 0.15) is 24.2 Å². The van der Waals surface area contributed by atoms with Crippen LogP contribution in [0.4, 0.5) is 0 Å². The van der Waals surface area contributed by atoms with E-state index in [0.717, 1.165) is 5.75 Å². The van der Waals surface area contributed by atoms with Gasteiger partial charge in [-0.2, -0.15) is 0 Å². The summed E-state index contributed by atoms with van der Waals surface area (Å²) in [6, 6.07) is 7.05. The molecule has 1 rings (SSSR count). The number of hydrogen-bond donors (Lipinski definition) is 0. The highest BCUT2D eigenvalue weighted by molar-refractivity contribution is 7.78. The van der Waals surface area contributed by atoms with E-state index >= 15 is 0 Å². The third kappa shape index (κ3) is 4.72. The highest BCUT2D eigenvalue weighted by Crippen LogP contribution is 2.11. The fourth-order valence-corrected chi connectivity index (χ4v) is 0.826. The van der Waals surface area contributed by atoms with E-state index in [1.165, 1.54) is 0 Å². The molecular formula is C11H14O2S. The molecule has 0 saturated carbocycles. The lowest BCUT2D eigenvalue weighted by molar-refractivity contribution is 0.101. The van der Waals surface area contributed by atoms with Crippen LogP contribution in [0.3, 0.4) is 0 Å².